The third kappa shape index (κ3) is 9.33. The number of allylic oxidation sites excluding steroid dienone is 8. The van der Waals surface area contributed by atoms with Crippen LogP contribution in [-0.2, 0) is 35.8 Å². The molecule has 0 saturated carbocycles. The predicted octanol–water partition coefficient (Wildman–Crippen LogP) is 6.51. The Morgan fingerprint density at radius 2 is 1.00 bits per heavy atom. The number of halogens is 2. The van der Waals surface area contributed by atoms with Crippen LogP contribution in [0, 0.1) is 7.14 Å². The van der Waals surface area contributed by atoms with Crippen LogP contribution in [-0.4, -0.2) is 25.8 Å². The van der Waals surface area contributed by atoms with Gasteiger partial charge in [0.2, 0.25) is 11.6 Å². The molecule has 0 aliphatic heterocycles. The Morgan fingerprint density at radius 3 is 1.32 bits per heavy atom. The zero-order chi connectivity index (χ0) is 25.9. The number of rotatable bonds is 6. The minimum Gasteiger partial charge on any atom is -0.493 e. The van der Waals surface area contributed by atoms with Crippen LogP contribution >= 0.6 is 45.2 Å². The van der Waals surface area contributed by atoms with Crippen molar-refractivity contribution in [1.82, 2.24) is 0 Å². The monoisotopic (exact) mass is 765 g/mol. The van der Waals surface area contributed by atoms with Crippen molar-refractivity contribution in [2.75, 3.05) is 24.9 Å². The fourth-order valence-electron chi connectivity index (χ4n) is 3.03. The number of ether oxygens (including phenoxy) is 2. The molecule has 2 N–H and O–H groups in total. The molecule has 0 bridgehead atoms. The van der Waals surface area contributed by atoms with Crippen molar-refractivity contribution in [2.24, 2.45) is 0 Å². The van der Waals surface area contributed by atoms with Gasteiger partial charge in [-0.15, -0.1) is 0 Å². The van der Waals surface area contributed by atoms with Crippen LogP contribution in [0.15, 0.2) is 120 Å². The molecule has 0 atom stereocenters. The SMILES string of the molecule is COC1=CC=C/C(=C/Nc2ccc(I)cc2)C1=O.COC1=CC=C/C(=C/Nc2ccc(I)cc2)C1=O.[Co]. The Hall–Kier alpha value is -2.61. The summed E-state index contributed by atoms with van der Waals surface area (Å²) in [5, 5.41) is 6.19. The summed E-state index contributed by atoms with van der Waals surface area (Å²) in [4.78, 5) is 23.8. The maximum Gasteiger partial charge on any atom is 0.228 e. The van der Waals surface area contributed by atoms with Gasteiger partial charge in [0.25, 0.3) is 0 Å². The first-order valence-electron chi connectivity index (χ1n) is 10.8. The van der Waals surface area contributed by atoms with Gasteiger partial charge in [0.1, 0.15) is 0 Å². The molecule has 0 spiro atoms. The van der Waals surface area contributed by atoms with E-state index in [-0.39, 0.29) is 28.3 Å². The number of benzene rings is 2. The van der Waals surface area contributed by atoms with Crippen molar-refractivity contribution in [3.63, 3.8) is 0 Å². The molecule has 2 aromatic rings. The van der Waals surface area contributed by atoms with Crippen LogP contribution in [0.5, 0.6) is 0 Å². The van der Waals surface area contributed by atoms with Gasteiger partial charge in [-0.2, -0.15) is 0 Å². The first-order valence-corrected chi connectivity index (χ1v) is 13.0. The van der Waals surface area contributed by atoms with Crippen LogP contribution in [0.25, 0.3) is 0 Å². The zero-order valence-corrected chi connectivity index (χ0v) is 25.3. The van der Waals surface area contributed by atoms with E-state index >= 15 is 0 Å². The predicted molar refractivity (Wildman–Crippen MR) is 160 cm³/mol. The molecule has 2 aliphatic carbocycles. The molecule has 6 nitrogen and oxygen atoms in total. The van der Waals surface area contributed by atoms with Crippen molar-refractivity contribution in [2.45, 2.75) is 0 Å². The van der Waals surface area contributed by atoms with E-state index < -0.39 is 0 Å². The zero-order valence-electron chi connectivity index (χ0n) is 20.0. The molecule has 37 heavy (non-hydrogen) atoms. The quantitative estimate of drug-likeness (QED) is 0.258. The third-order valence-electron chi connectivity index (χ3n) is 4.94. The Kier molecular flexibility index (Phi) is 12.9. The van der Waals surface area contributed by atoms with E-state index in [0.717, 1.165) is 11.4 Å². The normalized spacial score (nSPS) is 16.2. The number of ketones is 2. The first-order chi connectivity index (χ1) is 17.4. The van der Waals surface area contributed by atoms with Crippen molar-refractivity contribution in [1.29, 1.82) is 0 Å². The molecular weight excluding hydrogens is 741 g/mol. The summed E-state index contributed by atoms with van der Waals surface area (Å²) in [5.41, 5.74) is 3.04. The number of methoxy groups -OCH3 is 2. The maximum absolute atomic E-state index is 11.9. The molecule has 193 valence electrons. The van der Waals surface area contributed by atoms with Crippen molar-refractivity contribution in [3.05, 3.63) is 127 Å². The van der Waals surface area contributed by atoms with Gasteiger partial charge in [0, 0.05) is 58.8 Å². The van der Waals surface area contributed by atoms with E-state index in [9.17, 15) is 9.59 Å². The molecule has 0 heterocycles. The Balaban J connectivity index is 0.000000253. The topological polar surface area (TPSA) is 76.7 Å². The van der Waals surface area contributed by atoms with Crippen molar-refractivity contribution < 1.29 is 35.8 Å². The second-order valence-corrected chi connectivity index (χ2v) is 9.84. The molecule has 2 aromatic carbocycles. The number of hydrogen-bond donors (Lipinski definition) is 2. The van der Waals surface area contributed by atoms with Crippen LogP contribution in [0.3, 0.4) is 0 Å². The van der Waals surface area contributed by atoms with E-state index in [2.05, 4.69) is 55.8 Å². The molecule has 2 aliphatic rings. The van der Waals surface area contributed by atoms with Crippen LogP contribution < -0.4 is 10.6 Å². The molecule has 4 rings (SSSR count). The molecule has 0 fully saturated rings. The summed E-state index contributed by atoms with van der Waals surface area (Å²) in [6.07, 6.45) is 13.8. The van der Waals surface area contributed by atoms with Crippen molar-refractivity contribution >= 4 is 68.1 Å². The van der Waals surface area contributed by atoms with Gasteiger partial charge in [-0.25, -0.2) is 0 Å². The Labute approximate surface area is 254 Å². The smallest absolute Gasteiger partial charge is 0.228 e. The standard InChI is InChI=1S/2C14H12INO2.Co/c2*1-18-13-4-2-3-10(14(13)17)9-16-12-7-5-11(15)6-8-12;/h2*2-9,16H,1H3;/b2*10-9-;. The van der Waals surface area contributed by atoms with E-state index in [1.165, 1.54) is 21.4 Å². The van der Waals surface area contributed by atoms with Crippen LogP contribution in [0.4, 0.5) is 11.4 Å². The summed E-state index contributed by atoms with van der Waals surface area (Å²) in [6.45, 7) is 0. The number of Topliss-reactive ketones (excluding diaryl/α,β-unsaturated/α-hetero) is 2. The minimum absolute atomic E-state index is 0. The third-order valence-corrected chi connectivity index (χ3v) is 6.37. The largest absolute Gasteiger partial charge is 0.493 e. The number of anilines is 2. The minimum atomic E-state index is -0.113. The fraction of sp³-hybridized carbons (Fsp3) is 0.0714. The van der Waals surface area contributed by atoms with Gasteiger partial charge in [-0.1, -0.05) is 12.2 Å². The van der Waals surface area contributed by atoms with E-state index in [1.54, 1.807) is 48.9 Å². The number of hydrogen-bond acceptors (Lipinski definition) is 6. The van der Waals surface area contributed by atoms with Crippen LogP contribution in [0.2, 0.25) is 0 Å². The van der Waals surface area contributed by atoms with Crippen molar-refractivity contribution in [3.8, 4) is 0 Å². The number of carbonyl (C=O) groups excluding carboxylic acids is 2. The second-order valence-electron chi connectivity index (χ2n) is 7.35. The van der Waals surface area contributed by atoms with E-state index in [0.29, 0.717) is 22.7 Å². The summed E-state index contributed by atoms with van der Waals surface area (Å²) >= 11 is 4.49. The number of carbonyl (C=O) groups is 2. The summed E-state index contributed by atoms with van der Waals surface area (Å²) in [6, 6.07) is 15.8. The molecule has 0 unspecified atom stereocenters. The fourth-order valence-corrected chi connectivity index (χ4v) is 3.75. The maximum atomic E-state index is 11.9. The molecule has 0 aromatic heterocycles. The van der Waals surface area contributed by atoms with Gasteiger partial charge >= 0.3 is 0 Å². The molecule has 1 radical (unpaired) electrons. The average molecular weight is 765 g/mol. The van der Waals surface area contributed by atoms with E-state index in [4.69, 9.17) is 9.47 Å². The van der Waals surface area contributed by atoms with Gasteiger partial charge in [0.15, 0.2) is 11.5 Å². The Morgan fingerprint density at radius 1 is 0.649 bits per heavy atom. The molecule has 0 saturated heterocycles. The molecule has 9 heteroatoms. The first kappa shape index (κ1) is 30.6. The summed E-state index contributed by atoms with van der Waals surface area (Å²) in [7, 11) is 2.99. The number of nitrogens with one attached hydrogen (secondary N) is 2. The van der Waals surface area contributed by atoms with E-state index in [1.807, 2.05) is 48.5 Å². The summed E-state index contributed by atoms with van der Waals surface area (Å²) < 4.78 is 12.3. The van der Waals surface area contributed by atoms with Gasteiger partial charge < -0.3 is 20.1 Å². The average Bonchev–Trinajstić information content (AvgIpc) is 2.90. The van der Waals surface area contributed by atoms with Crippen LogP contribution in [0.1, 0.15) is 0 Å². The Bertz CT molecular complexity index is 1190. The molecular formula is C28H24CoI2N2O4. The van der Waals surface area contributed by atoms with Gasteiger partial charge in [-0.05, 0) is 118 Å². The molecule has 0 amide bonds. The van der Waals surface area contributed by atoms with Gasteiger partial charge in [0.05, 0.1) is 14.2 Å². The van der Waals surface area contributed by atoms with Gasteiger partial charge in [-0.3, -0.25) is 9.59 Å². The summed E-state index contributed by atoms with van der Waals surface area (Å²) in [5.74, 6) is 0.484. The second kappa shape index (κ2) is 15.6.